The van der Waals surface area contributed by atoms with Crippen LogP contribution in [0.1, 0.15) is 23.7 Å². The van der Waals surface area contributed by atoms with Crippen LogP contribution >= 0.6 is 11.6 Å². The van der Waals surface area contributed by atoms with E-state index >= 15 is 0 Å². The number of benzene rings is 2. The summed E-state index contributed by atoms with van der Waals surface area (Å²) in [6.07, 6.45) is 4.55. The predicted molar refractivity (Wildman–Crippen MR) is 122 cm³/mol. The van der Waals surface area contributed by atoms with E-state index in [1.165, 1.54) is 11.0 Å². The van der Waals surface area contributed by atoms with E-state index in [4.69, 9.17) is 11.6 Å². The number of nitrogens with zero attached hydrogens (tertiary/aromatic N) is 2. The molecular weight excluding hydrogens is 428 g/mol. The molecule has 6 nitrogen and oxygen atoms in total. The number of carbonyl (C=O) groups is 3. The molecule has 3 atom stereocenters. The molecule has 1 saturated heterocycles. The maximum Gasteiger partial charge on any atom is 0.336 e. The van der Waals surface area contributed by atoms with Crippen molar-refractivity contribution >= 4 is 46.0 Å². The van der Waals surface area contributed by atoms with E-state index in [9.17, 15) is 19.5 Å². The van der Waals surface area contributed by atoms with E-state index in [1.54, 1.807) is 42.5 Å². The van der Waals surface area contributed by atoms with Gasteiger partial charge in [0.2, 0.25) is 11.8 Å². The third-order valence-corrected chi connectivity index (χ3v) is 6.53. The largest absolute Gasteiger partial charge is 0.478 e. The molecule has 5 rings (SSSR count). The van der Waals surface area contributed by atoms with Gasteiger partial charge >= 0.3 is 5.97 Å². The third kappa shape index (κ3) is 3.19. The molecule has 1 aliphatic carbocycles. The van der Waals surface area contributed by atoms with E-state index in [0.29, 0.717) is 39.3 Å². The first-order chi connectivity index (χ1) is 15.3. The van der Waals surface area contributed by atoms with Crippen LogP contribution in [0.25, 0.3) is 22.2 Å². The number of halogens is 1. The molecular formula is C25H19ClN2O4. The lowest BCUT2D eigenvalue weighted by molar-refractivity contribution is -0.122. The van der Waals surface area contributed by atoms with Crippen molar-refractivity contribution in [1.82, 2.24) is 4.98 Å². The normalized spacial score (nSPS) is 22.4. The molecule has 1 fully saturated rings. The molecule has 3 unspecified atom stereocenters. The number of hydrogen-bond acceptors (Lipinski definition) is 4. The van der Waals surface area contributed by atoms with E-state index in [0.717, 1.165) is 0 Å². The van der Waals surface area contributed by atoms with Gasteiger partial charge in [-0.25, -0.2) is 9.78 Å². The SMILES string of the molecule is CC1C=CCC2C(=O)N(c3ccc(-c4cc(C(=O)O)c5cc(Cl)ccc5n4)cc3)C(=O)C12. The quantitative estimate of drug-likeness (QED) is 0.454. The molecule has 0 bridgehead atoms. The average molecular weight is 447 g/mol. The Labute approximate surface area is 189 Å². The smallest absolute Gasteiger partial charge is 0.336 e. The molecule has 1 N–H and O–H groups in total. The van der Waals surface area contributed by atoms with Crippen molar-refractivity contribution in [3.63, 3.8) is 0 Å². The molecule has 0 radical (unpaired) electrons. The number of aromatic nitrogens is 1. The minimum atomic E-state index is -1.07. The Balaban J connectivity index is 1.51. The number of aromatic carboxylic acids is 1. The Morgan fingerprint density at radius 1 is 1.09 bits per heavy atom. The second-order valence-corrected chi connectivity index (χ2v) is 8.67. The van der Waals surface area contributed by atoms with Gasteiger partial charge in [-0.1, -0.05) is 42.8 Å². The predicted octanol–water partition coefficient (Wildman–Crippen LogP) is 4.96. The van der Waals surface area contributed by atoms with Gasteiger partial charge in [0, 0.05) is 16.0 Å². The van der Waals surface area contributed by atoms with Crippen molar-refractivity contribution in [1.29, 1.82) is 0 Å². The number of carboxylic acid groups (broad SMARTS) is 1. The van der Waals surface area contributed by atoms with Gasteiger partial charge < -0.3 is 5.11 Å². The van der Waals surface area contributed by atoms with Gasteiger partial charge in [-0.15, -0.1) is 0 Å². The van der Waals surface area contributed by atoms with Crippen LogP contribution in [0.4, 0.5) is 5.69 Å². The van der Waals surface area contributed by atoms with E-state index in [-0.39, 0.29) is 35.1 Å². The summed E-state index contributed by atoms with van der Waals surface area (Å²) >= 11 is 6.03. The van der Waals surface area contributed by atoms with Crippen LogP contribution < -0.4 is 4.90 Å². The summed E-state index contributed by atoms with van der Waals surface area (Å²) in [5.41, 5.74) is 2.29. The second-order valence-electron chi connectivity index (χ2n) is 8.24. The van der Waals surface area contributed by atoms with Crippen LogP contribution in [0.15, 0.2) is 60.7 Å². The first-order valence-corrected chi connectivity index (χ1v) is 10.7. The molecule has 0 saturated carbocycles. The monoisotopic (exact) mass is 446 g/mol. The van der Waals surface area contributed by atoms with Gasteiger partial charge in [-0.05, 0) is 48.7 Å². The molecule has 2 aliphatic rings. The number of allylic oxidation sites excluding steroid dienone is 2. The number of anilines is 1. The number of carbonyl (C=O) groups excluding carboxylic acids is 2. The third-order valence-electron chi connectivity index (χ3n) is 6.30. The fourth-order valence-electron chi connectivity index (χ4n) is 4.71. The molecule has 2 heterocycles. The van der Waals surface area contributed by atoms with Crippen molar-refractivity contribution in [2.45, 2.75) is 13.3 Å². The highest BCUT2D eigenvalue weighted by atomic mass is 35.5. The number of hydrogen-bond donors (Lipinski definition) is 1. The molecule has 1 aliphatic heterocycles. The zero-order chi connectivity index (χ0) is 22.6. The molecule has 160 valence electrons. The number of amides is 2. The van der Waals surface area contributed by atoms with E-state index in [2.05, 4.69) is 4.98 Å². The summed E-state index contributed by atoms with van der Waals surface area (Å²) in [7, 11) is 0. The molecule has 2 aromatic carbocycles. The van der Waals surface area contributed by atoms with Gasteiger partial charge in [0.15, 0.2) is 0 Å². The summed E-state index contributed by atoms with van der Waals surface area (Å²) in [6, 6.07) is 13.3. The lowest BCUT2D eigenvalue weighted by Crippen LogP contribution is -2.31. The molecule has 7 heteroatoms. The highest BCUT2D eigenvalue weighted by Gasteiger charge is 2.50. The molecule has 32 heavy (non-hydrogen) atoms. The van der Waals surface area contributed by atoms with Crippen molar-refractivity contribution in [2.24, 2.45) is 17.8 Å². The molecule has 2 amide bonds. The first-order valence-electron chi connectivity index (χ1n) is 10.3. The minimum absolute atomic E-state index is 0.0271. The lowest BCUT2D eigenvalue weighted by Gasteiger charge is -2.22. The van der Waals surface area contributed by atoms with Crippen LogP contribution in [0, 0.1) is 17.8 Å². The number of fused-ring (bicyclic) bond motifs is 2. The lowest BCUT2D eigenvalue weighted by atomic mass is 9.78. The summed E-state index contributed by atoms with van der Waals surface area (Å²) in [5, 5.41) is 10.6. The van der Waals surface area contributed by atoms with Crippen molar-refractivity contribution in [2.75, 3.05) is 4.90 Å². The number of carboxylic acids is 1. The van der Waals surface area contributed by atoms with Crippen LogP contribution in [-0.2, 0) is 9.59 Å². The molecule has 1 aromatic heterocycles. The van der Waals surface area contributed by atoms with Crippen LogP contribution in [-0.4, -0.2) is 27.9 Å². The zero-order valence-corrected chi connectivity index (χ0v) is 17.9. The minimum Gasteiger partial charge on any atom is -0.478 e. The zero-order valence-electron chi connectivity index (χ0n) is 17.2. The maximum atomic E-state index is 13.0. The van der Waals surface area contributed by atoms with Crippen LogP contribution in [0.3, 0.4) is 0 Å². The Morgan fingerprint density at radius 2 is 1.84 bits per heavy atom. The van der Waals surface area contributed by atoms with Crippen LogP contribution in [0.5, 0.6) is 0 Å². The highest BCUT2D eigenvalue weighted by molar-refractivity contribution is 6.31. The Bertz CT molecular complexity index is 1320. The van der Waals surface area contributed by atoms with Gasteiger partial charge in [0.05, 0.1) is 34.3 Å². The van der Waals surface area contributed by atoms with E-state index < -0.39 is 5.97 Å². The highest BCUT2D eigenvalue weighted by Crippen LogP contribution is 2.40. The Hall–Kier alpha value is -3.51. The van der Waals surface area contributed by atoms with Crippen molar-refractivity contribution in [3.8, 4) is 11.3 Å². The van der Waals surface area contributed by atoms with Gasteiger partial charge in [-0.3, -0.25) is 14.5 Å². The van der Waals surface area contributed by atoms with Gasteiger partial charge in [0.25, 0.3) is 0 Å². The summed E-state index contributed by atoms with van der Waals surface area (Å²) in [6.45, 7) is 1.96. The van der Waals surface area contributed by atoms with Crippen molar-refractivity contribution in [3.05, 3.63) is 71.3 Å². The molecule has 3 aromatic rings. The van der Waals surface area contributed by atoms with Gasteiger partial charge in [-0.2, -0.15) is 0 Å². The Morgan fingerprint density at radius 3 is 2.53 bits per heavy atom. The number of rotatable bonds is 3. The van der Waals surface area contributed by atoms with E-state index in [1.807, 2.05) is 19.1 Å². The number of imide groups is 1. The summed E-state index contributed by atoms with van der Waals surface area (Å²) < 4.78 is 0. The number of pyridine rings is 1. The first kappa shape index (κ1) is 20.4. The summed E-state index contributed by atoms with van der Waals surface area (Å²) in [5.74, 6) is -2.01. The fraction of sp³-hybridized carbons (Fsp3) is 0.200. The molecule has 0 spiro atoms. The van der Waals surface area contributed by atoms with Crippen LogP contribution in [0.2, 0.25) is 5.02 Å². The maximum absolute atomic E-state index is 13.0. The van der Waals surface area contributed by atoms with Crippen molar-refractivity contribution < 1.29 is 19.5 Å². The topological polar surface area (TPSA) is 87.6 Å². The standard InChI is InChI=1S/C25H19ClN2O4/c1-13-3-2-4-17-22(13)24(30)28(23(17)29)16-8-5-14(6-9-16)21-12-19(25(31)32)18-11-15(26)7-10-20(18)27-21/h2-3,5-13,17,22H,4H2,1H3,(H,31,32). The van der Waals surface area contributed by atoms with Gasteiger partial charge in [0.1, 0.15) is 0 Å². The fourth-order valence-corrected chi connectivity index (χ4v) is 4.88. The average Bonchev–Trinajstić information content (AvgIpc) is 3.04. The second kappa shape index (κ2) is 7.57. The summed E-state index contributed by atoms with van der Waals surface area (Å²) in [4.78, 5) is 43.6. The Kier molecular flexibility index (Phi) is 4.82.